The van der Waals surface area contributed by atoms with Gasteiger partial charge in [0.05, 0.1) is 0 Å². The number of hydrogen-bond acceptors (Lipinski definition) is 8. The van der Waals surface area contributed by atoms with Crippen LogP contribution in [0.5, 0.6) is 0 Å². The zero-order valence-corrected chi connectivity index (χ0v) is 12.8. The van der Waals surface area contributed by atoms with Crippen LogP contribution in [-0.4, -0.2) is 74.6 Å². The number of hydrogen-bond donors (Lipinski definition) is 0. The number of phosphoric acid groups is 2. The molecule has 0 fully saturated rings. The number of rotatable bonds is 0. The van der Waals surface area contributed by atoms with Crippen molar-refractivity contribution in [2.75, 3.05) is 0 Å². The molecule has 0 bridgehead atoms. The van der Waals surface area contributed by atoms with E-state index in [1.54, 1.807) is 0 Å². The Labute approximate surface area is 128 Å². The topological polar surface area (TPSA) is 204 Å². The van der Waals surface area contributed by atoms with E-state index < -0.39 is 15.6 Å². The molecule has 0 rings (SSSR count). The first-order valence-electron chi connectivity index (χ1n) is 1.46. The van der Waals surface area contributed by atoms with Crippen molar-refractivity contribution in [3.63, 3.8) is 0 Å². The maximum absolute atomic E-state index is 8.55. The van der Waals surface area contributed by atoms with E-state index in [9.17, 15) is 0 Å². The van der Waals surface area contributed by atoms with Gasteiger partial charge >= 0.3 is 69.2 Å². The Balaban J connectivity index is -0.0000000178. The van der Waals surface area contributed by atoms with Crippen LogP contribution in [0, 0.1) is 0 Å². The van der Waals surface area contributed by atoms with Crippen molar-refractivity contribution in [3.05, 3.63) is 0 Å². The van der Waals surface area contributed by atoms with Crippen molar-refractivity contribution >= 4 is 84.8 Å². The van der Waals surface area contributed by atoms with E-state index in [2.05, 4.69) is 0 Å². The SMILES string of the molecule is O.O=P([O-])([O-])[O-].O=P([O-])([O-])[O-].[Mg+2].[Mg+2].[Mg+2]. The van der Waals surface area contributed by atoms with Gasteiger partial charge in [-0.3, -0.25) is 0 Å². The molecule has 0 aliphatic rings. The van der Waals surface area contributed by atoms with Crippen LogP contribution in [0.25, 0.3) is 0 Å². The molecule has 0 aromatic heterocycles. The molecule has 14 heavy (non-hydrogen) atoms. The molecule has 0 heterocycles. The van der Waals surface area contributed by atoms with Crippen LogP contribution in [0.3, 0.4) is 0 Å². The molecule has 0 spiro atoms. The summed E-state index contributed by atoms with van der Waals surface area (Å²) in [5.74, 6) is 0. The van der Waals surface area contributed by atoms with E-state index in [4.69, 9.17) is 38.5 Å². The second-order valence-corrected chi connectivity index (χ2v) is 2.68. The first-order chi connectivity index (χ1) is 4.00. The first-order valence-corrected chi connectivity index (χ1v) is 4.38. The zero-order chi connectivity index (χ0) is 9.00. The van der Waals surface area contributed by atoms with Gasteiger partial charge in [-0.15, -0.1) is 0 Å². The van der Waals surface area contributed by atoms with Crippen LogP contribution in [-0.2, 0) is 9.13 Å². The third-order valence-corrected chi connectivity index (χ3v) is 0. The molecule has 0 aromatic rings. The molecule has 0 radical (unpaired) electrons. The van der Waals surface area contributed by atoms with Crippen molar-refractivity contribution in [3.8, 4) is 0 Å². The summed E-state index contributed by atoms with van der Waals surface area (Å²) in [5.41, 5.74) is 0. The Morgan fingerprint density at radius 3 is 0.571 bits per heavy atom. The summed E-state index contributed by atoms with van der Waals surface area (Å²) >= 11 is 0. The van der Waals surface area contributed by atoms with E-state index in [0.717, 1.165) is 0 Å². The predicted molar refractivity (Wildman–Crippen MR) is 36.1 cm³/mol. The van der Waals surface area contributed by atoms with Crippen LogP contribution < -0.4 is 29.4 Å². The molecule has 0 amide bonds. The third-order valence-electron chi connectivity index (χ3n) is 0. The minimum absolute atomic E-state index is 0. The maximum Gasteiger partial charge on any atom is 2.00 e. The van der Waals surface area contributed by atoms with Gasteiger partial charge in [0.15, 0.2) is 0 Å². The molecule has 0 aromatic carbocycles. The minimum Gasteiger partial charge on any atom is -0.822 e. The quantitative estimate of drug-likeness (QED) is 0.307. The smallest absolute Gasteiger partial charge is 0.822 e. The van der Waals surface area contributed by atoms with Crippen LogP contribution in [0.1, 0.15) is 0 Å². The minimum atomic E-state index is -5.39. The third kappa shape index (κ3) is 428. The molecule has 0 unspecified atom stereocenters. The summed E-state index contributed by atoms with van der Waals surface area (Å²) in [5, 5.41) is 0. The summed E-state index contributed by atoms with van der Waals surface area (Å²) in [6, 6.07) is 0. The summed E-state index contributed by atoms with van der Waals surface area (Å²) in [6.07, 6.45) is 0. The van der Waals surface area contributed by atoms with Crippen LogP contribution in [0.2, 0.25) is 0 Å². The molecule has 14 heteroatoms. The van der Waals surface area contributed by atoms with E-state index in [1.807, 2.05) is 0 Å². The average Bonchev–Trinajstić information content (AvgIpc) is 1.12. The van der Waals surface area contributed by atoms with E-state index >= 15 is 0 Å². The van der Waals surface area contributed by atoms with Gasteiger partial charge in [0, 0.05) is 0 Å². The van der Waals surface area contributed by atoms with Crippen LogP contribution in [0.4, 0.5) is 0 Å². The standard InChI is InChI=1S/3Mg.2H3O4P.H2O/c;;;2*1-5(2,3)4;/h;;;2*(H3,1,2,3,4);1H2/q3*+2;;;/p-6. The van der Waals surface area contributed by atoms with Crippen molar-refractivity contribution < 1.29 is 44.0 Å². The second-order valence-electron chi connectivity index (χ2n) is 0.894. The van der Waals surface area contributed by atoms with Crippen molar-refractivity contribution in [1.29, 1.82) is 0 Å². The van der Waals surface area contributed by atoms with Gasteiger partial charge in [0.1, 0.15) is 0 Å². The van der Waals surface area contributed by atoms with Crippen molar-refractivity contribution in [2.45, 2.75) is 0 Å². The Hall–Kier alpha value is 2.48. The Morgan fingerprint density at radius 1 is 0.571 bits per heavy atom. The summed E-state index contributed by atoms with van der Waals surface area (Å²) in [7, 11) is -10.8. The van der Waals surface area contributed by atoms with E-state index in [1.165, 1.54) is 0 Å². The Bertz CT molecular complexity index is 130. The van der Waals surface area contributed by atoms with E-state index in [0.29, 0.717) is 0 Å². The first kappa shape index (κ1) is 36.0. The van der Waals surface area contributed by atoms with Crippen LogP contribution in [0.15, 0.2) is 0 Å². The van der Waals surface area contributed by atoms with Gasteiger partial charge in [-0.05, 0) is 0 Å². The molecule has 72 valence electrons. The fourth-order valence-electron chi connectivity index (χ4n) is 0. The molecular weight excluding hydrogens is 279 g/mol. The van der Waals surface area contributed by atoms with Crippen molar-refractivity contribution in [1.82, 2.24) is 0 Å². The Morgan fingerprint density at radius 2 is 0.571 bits per heavy atom. The molecule has 9 nitrogen and oxygen atoms in total. The van der Waals surface area contributed by atoms with Gasteiger partial charge in [0.2, 0.25) is 0 Å². The van der Waals surface area contributed by atoms with Gasteiger partial charge in [-0.25, -0.2) is 0 Å². The summed E-state index contributed by atoms with van der Waals surface area (Å²) in [6.45, 7) is 0. The summed E-state index contributed by atoms with van der Waals surface area (Å²) < 4.78 is 17.1. The zero-order valence-electron chi connectivity index (χ0n) is 6.78. The van der Waals surface area contributed by atoms with Gasteiger partial charge in [-0.2, -0.15) is 15.6 Å². The molecule has 0 aliphatic heterocycles. The Kier molecular flexibility index (Phi) is 39.8. The van der Waals surface area contributed by atoms with Crippen molar-refractivity contribution in [2.24, 2.45) is 0 Å². The fourth-order valence-corrected chi connectivity index (χ4v) is 0. The average molecular weight is 281 g/mol. The normalized spacial score (nSPS) is 8.43. The van der Waals surface area contributed by atoms with Gasteiger partial charge < -0.3 is 44.0 Å². The van der Waals surface area contributed by atoms with E-state index in [-0.39, 0.29) is 74.6 Å². The van der Waals surface area contributed by atoms with Gasteiger partial charge in [0.25, 0.3) is 0 Å². The molecule has 0 saturated carbocycles. The fraction of sp³-hybridized carbons (Fsp3) is 0. The molecular formula is H2Mg3O9P2. The predicted octanol–water partition coefficient (Wildman–Crippen LogP) is -7.62. The molecule has 0 atom stereocenters. The molecule has 0 saturated heterocycles. The second kappa shape index (κ2) is 15.5. The summed E-state index contributed by atoms with van der Waals surface area (Å²) in [4.78, 5) is 51.3. The van der Waals surface area contributed by atoms with Gasteiger partial charge in [-0.1, -0.05) is 0 Å². The monoisotopic (exact) mass is 280 g/mol. The molecule has 0 aliphatic carbocycles. The maximum atomic E-state index is 8.55. The largest absolute Gasteiger partial charge is 2.00 e. The molecule has 2 N–H and O–H groups in total. The van der Waals surface area contributed by atoms with Crippen LogP contribution >= 0.6 is 15.6 Å².